The zero-order chi connectivity index (χ0) is 19.6. The third kappa shape index (κ3) is 4.45. The summed E-state index contributed by atoms with van der Waals surface area (Å²) in [6.45, 7) is 0. The number of nitrogens with one attached hydrogen (secondary N) is 1. The predicted octanol–water partition coefficient (Wildman–Crippen LogP) is 4.50. The summed E-state index contributed by atoms with van der Waals surface area (Å²) in [6, 6.07) is 9.89. The molecule has 1 saturated heterocycles. The first-order chi connectivity index (χ1) is 12.9. The molecule has 1 N–H and O–H groups in total. The summed E-state index contributed by atoms with van der Waals surface area (Å²) in [7, 11) is 1.44. The van der Waals surface area contributed by atoms with Gasteiger partial charge in [-0.3, -0.25) is 14.9 Å². The number of carbonyl (C=O) groups excluding carboxylic acids is 3. The minimum Gasteiger partial charge on any atom is -0.493 e. The minimum absolute atomic E-state index is 0.237. The van der Waals surface area contributed by atoms with E-state index in [4.69, 9.17) is 21.1 Å². The third-order valence-electron chi connectivity index (χ3n) is 3.48. The number of thioether (sulfide) groups is 1. The molecular formula is C18H11ClINO5S. The highest BCUT2D eigenvalue weighted by Crippen LogP contribution is 2.36. The summed E-state index contributed by atoms with van der Waals surface area (Å²) < 4.78 is 11.4. The van der Waals surface area contributed by atoms with Crippen molar-refractivity contribution >= 4 is 69.1 Å². The van der Waals surface area contributed by atoms with Crippen molar-refractivity contribution in [2.45, 2.75) is 0 Å². The smallest absolute Gasteiger partial charge is 0.345 e. The van der Waals surface area contributed by atoms with E-state index in [0.717, 1.165) is 11.8 Å². The maximum absolute atomic E-state index is 12.4. The van der Waals surface area contributed by atoms with E-state index in [1.54, 1.807) is 42.5 Å². The first kappa shape index (κ1) is 19.7. The molecule has 0 aromatic heterocycles. The van der Waals surface area contributed by atoms with Gasteiger partial charge < -0.3 is 9.47 Å². The molecule has 1 heterocycles. The lowest BCUT2D eigenvalue weighted by atomic mass is 10.1. The minimum atomic E-state index is -0.612. The fourth-order valence-corrected chi connectivity index (χ4v) is 3.90. The summed E-state index contributed by atoms with van der Waals surface area (Å²) in [5, 5.41) is 2.06. The number of ether oxygens (including phenoxy) is 2. The Bertz CT molecular complexity index is 992. The Balaban J connectivity index is 1.92. The van der Waals surface area contributed by atoms with Crippen molar-refractivity contribution in [2.24, 2.45) is 0 Å². The van der Waals surface area contributed by atoms with Crippen LogP contribution in [0.2, 0.25) is 5.02 Å². The monoisotopic (exact) mass is 515 g/mol. The molecule has 138 valence electrons. The number of benzene rings is 2. The molecular weight excluding hydrogens is 505 g/mol. The normalized spacial score (nSPS) is 15.0. The molecule has 0 aliphatic carbocycles. The van der Waals surface area contributed by atoms with Crippen molar-refractivity contribution in [2.75, 3.05) is 7.11 Å². The molecule has 1 fully saturated rings. The largest absolute Gasteiger partial charge is 0.493 e. The Labute approximate surface area is 177 Å². The lowest BCUT2D eigenvalue weighted by Gasteiger charge is -2.13. The lowest BCUT2D eigenvalue weighted by Crippen LogP contribution is -2.17. The van der Waals surface area contributed by atoms with Crippen LogP contribution >= 0.6 is 46.0 Å². The number of halogens is 2. The maximum atomic E-state index is 12.4. The summed E-state index contributed by atoms with van der Waals surface area (Å²) in [5.74, 6) is -0.513. The van der Waals surface area contributed by atoms with Crippen molar-refractivity contribution in [3.63, 3.8) is 0 Å². The van der Waals surface area contributed by atoms with E-state index in [-0.39, 0.29) is 21.2 Å². The van der Waals surface area contributed by atoms with Gasteiger partial charge in [0.05, 0.1) is 26.2 Å². The number of hydrogen-bond donors (Lipinski definition) is 1. The van der Waals surface area contributed by atoms with Crippen molar-refractivity contribution in [1.82, 2.24) is 5.32 Å². The van der Waals surface area contributed by atoms with Crippen LogP contribution in [0.15, 0.2) is 41.3 Å². The van der Waals surface area contributed by atoms with E-state index in [1.165, 1.54) is 7.11 Å². The van der Waals surface area contributed by atoms with E-state index >= 15 is 0 Å². The molecule has 2 aromatic rings. The molecule has 2 aromatic carbocycles. The molecule has 0 saturated carbocycles. The first-order valence-electron chi connectivity index (χ1n) is 7.48. The molecule has 27 heavy (non-hydrogen) atoms. The van der Waals surface area contributed by atoms with E-state index in [1.807, 2.05) is 22.6 Å². The Morgan fingerprint density at radius 2 is 2.00 bits per heavy atom. The molecule has 9 heteroatoms. The van der Waals surface area contributed by atoms with Crippen LogP contribution in [0.3, 0.4) is 0 Å². The SMILES string of the molecule is COc1cc(/C=C2\SC(=O)NC2=O)cc(I)c1OC(=O)c1ccccc1Cl. The molecule has 3 rings (SSSR count). The Hall–Kier alpha value is -2.04. The number of esters is 1. The average Bonchev–Trinajstić information content (AvgIpc) is 2.94. The van der Waals surface area contributed by atoms with Crippen LogP contribution in [-0.2, 0) is 4.79 Å². The number of amides is 2. The summed E-state index contributed by atoms with van der Waals surface area (Å²) in [4.78, 5) is 35.7. The van der Waals surface area contributed by atoms with Crippen LogP contribution < -0.4 is 14.8 Å². The molecule has 0 atom stereocenters. The lowest BCUT2D eigenvalue weighted by molar-refractivity contribution is -0.115. The standard InChI is InChI=1S/C18H11ClINO5S/c1-25-13-7-9(8-14-16(22)21-18(24)27-14)6-12(20)15(13)26-17(23)10-4-2-3-5-11(10)19/h2-8H,1H3,(H,21,22,24)/b14-8-. The third-order valence-corrected chi connectivity index (χ3v) is 5.42. The second-order valence-corrected chi connectivity index (χ2v) is 7.84. The highest BCUT2D eigenvalue weighted by Gasteiger charge is 2.25. The summed E-state index contributed by atoms with van der Waals surface area (Å²) in [6.07, 6.45) is 1.56. The highest BCUT2D eigenvalue weighted by molar-refractivity contribution is 14.1. The van der Waals surface area contributed by atoms with Gasteiger partial charge in [-0.05, 0) is 70.3 Å². The van der Waals surface area contributed by atoms with Crippen LogP contribution in [0, 0.1) is 3.57 Å². The number of methoxy groups -OCH3 is 1. The molecule has 6 nitrogen and oxygen atoms in total. The van der Waals surface area contributed by atoms with Gasteiger partial charge in [-0.1, -0.05) is 23.7 Å². The van der Waals surface area contributed by atoms with E-state index in [9.17, 15) is 14.4 Å². The van der Waals surface area contributed by atoms with Gasteiger partial charge in [0.25, 0.3) is 11.1 Å². The predicted molar refractivity (Wildman–Crippen MR) is 111 cm³/mol. The van der Waals surface area contributed by atoms with Gasteiger partial charge in [0, 0.05) is 0 Å². The highest BCUT2D eigenvalue weighted by atomic mass is 127. The Kier molecular flexibility index (Phi) is 6.08. The van der Waals surface area contributed by atoms with Crippen molar-refractivity contribution in [1.29, 1.82) is 0 Å². The van der Waals surface area contributed by atoms with Crippen LogP contribution in [0.5, 0.6) is 11.5 Å². The fourth-order valence-electron chi connectivity index (χ4n) is 2.27. The Morgan fingerprint density at radius 1 is 1.26 bits per heavy atom. The second-order valence-electron chi connectivity index (χ2n) is 5.26. The number of carbonyl (C=O) groups is 3. The van der Waals surface area contributed by atoms with Crippen molar-refractivity contribution in [3.8, 4) is 11.5 Å². The molecule has 1 aliphatic heterocycles. The van der Waals surface area contributed by atoms with Crippen LogP contribution in [0.1, 0.15) is 15.9 Å². The summed E-state index contributed by atoms with van der Waals surface area (Å²) in [5.41, 5.74) is 0.863. The van der Waals surface area contributed by atoms with Gasteiger partial charge in [-0.2, -0.15) is 0 Å². The maximum Gasteiger partial charge on any atom is 0.345 e. The fraction of sp³-hybridized carbons (Fsp3) is 0.0556. The second kappa shape index (κ2) is 8.32. The van der Waals surface area contributed by atoms with Gasteiger partial charge in [-0.25, -0.2) is 4.79 Å². The molecule has 1 aliphatic rings. The van der Waals surface area contributed by atoms with Gasteiger partial charge in [-0.15, -0.1) is 0 Å². The summed E-state index contributed by atoms with van der Waals surface area (Å²) >= 11 is 8.85. The molecule has 2 amide bonds. The van der Waals surface area contributed by atoms with Crippen LogP contribution in [0.25, 0.3) is 6.08 Å². The van der Waals surface area contributed by atoms with Crippen LogP contribution in [-0.4, -0.2) is 24.2 Å². The zero-order valence-corrected chi connectivity index (χ0v) is 17.5. The van der Waals surface area contributed by atoms with Crippen molar-refractivity contribution in [3.05, 3.63) is 61.0 Å². The topological polar surface area (TPSA) is 81.7 Å². The first-order valence-corrected chi connectivity index (χ1v) is 9.75. The van der Waals surface area contributed by atoms with Gasteiger partial charge >= 0.3 is 5.97 Å². The van der Waals surface area contributed by atoms with Crippen LogP contribution in [0.4, 0.5) is 4.79 Å². The Morgan fingerprint density at radius 3 is 2.63 bits per heavy atom. The number of rotatable bonds is 4. The molecule has 0 radical (unpaired) electrons. The van der Waals surface area contributed by atoms with E-state index in [2.05, 4.69) is 5.32 Å². The van der Waals surface area contributed by atoms with Gasteiger partial charge in [0.15, 0.2) is 11.5 Å². The number of imide groups is 1. The molecule has 0 bridgehead atoms. The van der Waals surface area contributed by atoms with Gasteiger partial charge in [0.1, 0.15) is 0 Å². The van der Waals surface area contributed by atoms with E-state index < -0.39 is 17.1 Å². The average molecular weight is 516 g/mol. The van der Waals surface area contributed by atoms with Crippen molar-refractivity contribution < 1.29 is 23.9 Å². The number of hydrogen-bond acceptors (Lipinski definition) is 6. The zero-order valence-electron chi connectivity index (χ0n) is 13.7. The van der Waals surface area contributed by atoms with E-state index in [0.29, 0.717) is 14.9 Å². The van der Waals surface area contributed by atoms with Gasteiger partial charge in [0.2, 0.25) is 0 Å². The molecule has 0 unspecified atom stereocenters. The molecule has 0 spiro atoms. The quantitative estimate of drug-likeness (QED) is 0.280.